The summed E-state index contributed by atoms with van der Waals surface area (Å²) < 4.78 is 19.5. The molecule has 4 heteroatoms. The maximum absolute atomic E-state index is 13.5. The third kappa shape index (κ3) is 1.24. The van der Waals surface area contributed by atoms with E-state index in [1.54, 1.807) is 12.3 Å². The Hall–Kier alpha value is -1.16. The van der Waals surface area contributed by atoms with Gasteiger partial charge in [-0.2, -0.15) is 0 Å². The van der Waals surface area contributed by atoms with Crippen molar-refractivity contribution in [1.82, 2.24) is 4.98 Å². The number of nitrogens with one attached hydrogen (secondary N) is 1. The second kappa shape index (κ2) is 3.44. The summed E-state index contributed by atoms with van der Waals surface area (Å²) in [4.78, 5) is 3.77. The molecule has 3 nitrogen and oxygen atoms in total. The molecule has 1 N–H and O–H groups in total. The van der Waals surface area contributed by atoms with Gasteiger partial charge >= 0.3 is 0 Å². The fraction of sp³-hybridized carbons (Fsp3) is 0.643. The highest BCUT2D eigenvalue weighted by atomic mass is 19.1. The molecule has 0 amide bonds. The maximum atomic E-state index is 13.5. The quantitative estimate of drug-likeness (QED) is 0.892. The molecule has 1 aromatic heterocycles. The van der Waals surface area contributed by atoms with Gasteiger partial charge in [0.15, 0.2) is 5.82 Å². The summed E-state index contributed by atoms with van der Waals surface area (Å²) in [6.07, 6.45) is 7.77. The average Bonchev–Trinajstić information content (AvgIpc) is 2.94. The van der Waals surface area contributed by atoms with E-state index in [2.05, 4.69) is 10.3 Å². The summed E-state index contributed by atoms with van der Waals surface area (Å²) in [5, 5.41) is 3.27. The molecule has 0 bridgehead atoms. The lowest BCUT2D eigenvalue weighted by Gasteiger charge is -2.45. The van der Waals surface area contributed by atoms with Crippen LogP contribution in [0.2, 0.25) is 0 Å². The summed E-state index contributed by atoms with van der Waals surface area (Å²) in [7, 11) is 0. The molecule has 0 aromatic carbocycles. The molecule has 0 radical (unpaired) electrons. The van der Waals surface area contributed by atoms with E-state index < -0.39 is 0 Å². The number of aromatic nitrogens is 1. The monoisotopic (exact) mass is 248 g/mol. The van der Waals surface area contributed by atoms with Crippen LogP contribution in [0.15, 0.2) is 18.5 Å². The SMILES string of the molecule is Fc1cnccc1NC[C@]12C[C@H]1COC21CCC1. The van der Waals surface area contributed by atoms with Crippen LogP contribution in [-0.4, -0.2) is 23.7 Å². The van der Waals surface area contributed by atoms with E-state index in [1.165, 1.54) is 31.9 Å². The van der Waals surface area contributed by atoms with Crippen LogP contribution < -0.4 is 5.32 Å². The Bertz CT molecular complexity index is 488. The van der Waals surface area contributed by atoms with Gasteiger partial charge in [-0.05, 0) is 37.7 Å². The molecule has 2 aliphatic carbocycles. The predicted octanol–water partition coefficient (Wildman–Crippen LogP) is 2.59. The van der Waals surface area contributed by atoms with E-state index in [4.69, 9.17) is 4.74 Å². The summed E-state index contributed by atoms with van der Waals surface area (Å²) >= 11 is 0. The van der Waals surface area contributed by atoms with E-state index in [0.29, 0.717) is 11.6 Å². The highest BCUT2D eigenvalue weighted by Gasteiger charge is 2.73. The van der Waals surface area contributed by atoms with Gasteiger partial charge in [0, 0.05) is 18.2 Å². The van der Waals surface area contributed by atoms with Gasteiger partial charge in [0.25, 0.3) is 0 Å². The van der Waals surface area contributed by atoms with Gasteiger partial charge in [-0.25, -0.2) is 4.39 Å². The normalized spacial score (nSPS) is 35.1. The van der Waals surface area contributed by atoms with Crippen molar-refractivity contribution in [2.45, 2.75) is 31.3 Å². The summed E-state index contributed by atoms with van der Waals surface area (Å²) in [6, 6.07) is 1.70. The van der Waals surface area contributed by atoms with Crippen molar-refractivity contribution < 1.29 is 9.13 Å². The van der Waals surface area contributed by atoms with Crippen molar-refractivity contribution in [3.05, 3.63) is 24.3 Å². The zero-order valence-electron chi connectivity index (χ0n) is 10.3. The van der Waals surface area contributed by atoms with Crippen molar-refractivity contribution in [3.8, 4) is 0 Å². The number of rotatable bonds is 3. The van der Waals surface area contributed by atoms with Gasteiger partial charge in [0.1, 0.15) is 0 Å². The van der Waals surface area contributed by atoms with E-state index in [-0.39, 0.29) is 16.8 Å². The first-order valence-corrected chi connectivity index (χ1v) is 6.73. The highest BCUT2D eigenvalue weighted by molar-refractivity contribution is 5.44. The number of halogens is 1. The number of hydrogen-bond acceptors (Lipinski definition) is 3. The van der Waals surface area contributed by atoms with Gasteiger partial charge in [-0.3, -0.25) is 4.98 Å². The molecule has 3 aliphatic rings. The molecular formula is C14H17FN2O. The lowest BCUT2D eigenvalue weighted by Crippen LogP contribution is -2.48. The lowest BCUT2D eigenvalue weighted by atomic mass is 9.68. The second-order valence-corrected chi connectivity index (χ2v) is 5.93. The molecule has 3 fully saturated rings. The van der Waals surface area contributed by atoms with Crippen molar-refractivity contribution in [2.24, 2.45) is 11.3 Å². The van der Waals surface area contributed by atoms with Gasteiger partial charge in [0.05, 0.1) is 24.1 Å². The molecule has 2 saturated carbocycles. The van der Waals surface area contributed by atoms with Crippen molar-refractivity contribution in [1.29, 1.82) is 0 Å². The van der Waals surface area contributed by atoms with Gasteiger partial charge < -0.3 is 10.1 Å². The molecule has 4 rings (SSSR count). The first kappa shape index (κ1) is 10.7. The molecule has 96 valence electrons. The number of ether oxygens (including phenoxy) is 1. The van der Waals surface area contributed by atoms with Crippen LogP contribution in [-0.2, 0) is 4.74 Å². The molecular weight excluding hydrogens is 231 g/mol. The minimum absolute atomic E-state index is 0.119. The Balaban J connectivity index is 1.51. The molecule has 1 aliphatic heterocycles. The minimum atomic E-state index is -0.271. The maximum Gasteiger partial charge on any atom is 0.164 e. The second-order valence-electron chi connectivity index (χ2n) is 5.93. The van der Waals surface area contributed by atoms with E-state index in [0.717, 1.165) is 13.2 Å². The Kier molecular flexibility index (Phi) is 2.05. The minimum Gasteiger partial charge on any atom is -0.382 e. The largest absolute Gasteiger partial charge is 0.382 e. The number of nitrogens with zero attached hydrogens (tertiary/aromatic N) is 1. The van der Waals surface area contributed by atoms with Gasteiger partial charge in [0.2, 0.25) is 0 Å². The zero-order valence-corrected chi connectivity index (χ0v) is 10.3. The van der Waals surface area contributed by atoms with Crippen LogP contribution in [0.25, 0.3) is 0 Å². The molecule has 18 heavy (non-hydrogen) atoms. The highest BCUT2D eigenvalue weighted by Crippen LogP contribution is 2.71. The summed E-state index contributed by atoms with van der Waals surface area (Å²) in [5.41, 5.74) is 0.959. The lowest BCUT2D eigenvalue weighted by molar-refractivity contribution is -0.107. The van der Waals surface area contributed by atoms with Crippen LogP contribution in [0.5, 0.6) is 0 Å². The van der Waals surface area contributed by atoms with Gasteiger partial charge in [-0.1, -0.05) is 0 Å². The third-order valence-corrected chi connectivity index (χ3v) is 5.23. The van der Waals surface area contributed by atoms with E-state index in [1.807, 2.05) is 0 Å². The number of anilines is 1. The van der Waals surface area contributed by atoms with Gasteiger partial charge in [-0.15, -0.1) is 0 Å². The Morgan fingerprint density at radius 2 is 2.39 bits per heavy atom. The van der Waals surface area contributed by atoms with Crippen LogP contribution in [0.1, 0.15) is 25.7 Å². The number of pyridine rings is 1. The van der Waals surface area contributed by atoms with Crippen molar-refractivity contribution >= 4 is 5.69 Å². The van der Waals surface area contributed by atoms with E-state index in [9.17, 15) is 4.39 Å². The summed E-state index contributed by atoms with van der Waals surface area (Å²) in [5.74, 6) is 0.419. The third-order valence-electron chi connectivity index (χ3n) is 5.23. The Morgan fingerprint density at radius 1 is 1.50 bits per heavy atom. The topological polar surface area (TPSA) is 34.2 Å². The molecule has 1 spiro atoms. The molecule has 2 heterocycles. The average molecular weight is 248 g/mol. The number of hydrogen-bond donors (Lipinski definition) is 1. The van der Waals surface area contributed by atoms with Crippen LogP contribution in [0, 0.1) is 17.2 Å². The molecule has 0 unspecified atom stereocenters. The van der Waals surface area contributed by atoms with Crippen molar-refractivity contribution in [2.75, 3.05) is 18.5 Å². The summed E-state index contributed by atoms with van der Waals surface area (Å²) in [6.45, 7) is 1.74. The standard InChI is InChI=1S/C14H17FN2O/c15-11-7-16-5-2-12(11)17-9-13-6-10(13)8-18-14(13)3-1-4-14/h2,5,7,10H,1,3-4,6,8-9H2,(H,16,17)/t10-,13+/m0/s1. The Morgan fingerprint density at radius 3 is 3.06 bits per heavy atom. The number of fused-ring (bicyclic) bond motifs is 2. The Labute approximate surface area is 106 Å². The first-order chi connectivity index (χ1) is 8.76. The molecule has 1 saturated heterocycles. The molecule has 2 atom stereocenters. The van der Waals surface area contributed by atoms with Crippen LogP contribution >= 0.6 is 0 Å². The predicted molar refractivity (Wildman–Crippen MR) is 65.8 cm³/mol. The van der Waals surface area contributed by atoms with Crippen molar-refractivity contribution in [3.63, 3.8) is 0 Å². The first-order valence-electron chi connectivity index (χ1n) is 6.73. The molecule has 1 aromatic rings. The zero-order chi connectivity index (χ0) is 12.2. The fourth-order valence-corrected chi connectivity index (χ4v) is 3.85. The van der Waals surface area contributed by atoms with E-state index >= 15 is 0 Å². The van der Waals surface area contributed by atoms with Crippen LogP contribution in [0.4, 0.5) is 10.1 Å². The smallest absolute Gasteiger partial charge is 0.164 e. The van der Waals surface area contributed by atoms with Crippen LogP contribution in [0.3, 0.4) is 0 Å². The fourth-order valence-electron chi connectivity index (χ4n) is 3.85.